The van der Waals surface area contributed by atoms with Crippen molar-refractivity contribution < 1.29 is 71.6 Å². The van der Waals surface area contributed by atoms with Crippen LogP contribution in [0.3, 0.4) is 0 Å². The fourth-order valence-corrected chi connectivity index (χ4v) is 15.8. The number of phenolic OH excluding ortho intramolecular Hbond substituents is 1. The minimum Gasteiger partial charge on any atom is -0.544 e. The number of phenols is 1. The van der Waals surface area contributed by atoms with Gasteiger partial charge in [0.05, 0.1) is 64.6 Å². The Kier molecular flexibility index (Phi) is 40.7. The molecule has 0 spiro atoms. The summed E-state index contributed by atoms with van der Waals surface area (Å²) in [6.45, 7) is 5.67. The van der Waals surface area contributed by atoms with Crippen LogP contribution in [0.2, 0.25) is 20.6 Å². The summed E-state index contributed by atoms with van der Waals surface area (Å²) in [6, 6.07) is 15.9. The summed E-state index contributed by atoms with van der Waals surface area (Å²) in [4.78, 5) is 132. The number of non-ortho nitro benzene ring substituents is 2. The number of nitro groups is 2. The number of carbonyl (C=O) groups excluding carboxylic acids is 4. The number of H-pyrrole nitrogens is 1. The Bertz CT molecular complexity index is 5500. The van der Waals surface area contributed by atoms with Crippen molar-refractivity contribution in [3.63, 3.8) is 0 Å². The Morgan fingerprint density at radius 1 is 0.487 bits per heavy atom. The number of carboxylic acid groups (broad SMARTS) is 1. The summed E-state index contributed by atoms with van der Waals surface area (Å²) in [5.41, 5.74) is -0.812. The molecule has 113 heavy (non-hydrogen) atoms. The first-order valence-electron chi connectivity index (χ1n) is 30.7. The monoisotopic (exact) mass is 1750 g/mol. The molecule has 0 aliphatic carbocycles. The van der Waals surface area contributed by atoms with Crippen molar-refractivity contribution in [2.75, 3.05) is 39.3 Å². The SMILES string of the molecule is C.C.C.C.C.C.C1CCNC1.Clc1ncnc2sccc12.O=C(Cl)c1cc2c(Cl)ncnc2s1.O=C([O-])c1cc2c(Cl)ncnc2s1.O=C(c1cc2c(Cl)ncnc2s1)N1CCCC1.O=C(c1cc2c(Oc3ccc([N+](=O)[O-])cc3F)ncnc2s1)N1CCCC1.O=[N+]([O-])c1ccc(O)c(F)c1.O=c1[nH]cnc2sccc12.[Li+]. The third-order valence-corrected chi connectivity index (χ3v) is 21.9. The molecule has 3 aliphatic rings. The Morgan fingerprint density at radius 2 is 0.876 bits per heavy atom. The zero-order chi connectivity index (χ0) is 75.6. The van der Waals surface area contributed by atoms with Crippen LogP contribution in [0.4, 0.5) is 20.2 Å². The molecule has 2 aromatic carbocycles. The van der Waals surface area contributed by atoms with Crippen LogP contribution in [-0.2, 0) is 0 Å². The van der Waals surface area contributed by atoms with Crippen LogP contribution in [-0.4, -0.2) is 147 Å². The molecule has 0 bridgehead atoms. The number of halogens is 7. The zero-order valence-corrected chi connectivity index (χ0v) is 63.5. The number of carbonyl (C=O) groups is 4. The molecule has 0 radical (unpaired) electrons. The van der Waals surface area contributed by atoms with E-state index in [-0.39, 0.29) is 114 Å². The number of fused-ring (bicyclic) bond motifs is 6. The maximum atomic E-state index is 14.1. The molecule has 594 valence electrons. The average molecular weight is 1760 g/mol. The van der Waals surface area contributed by atoms with Gasteiger partial charge in [0.15, 0.2) is 23.1 Å². The van der Waals surface area contributed by atoms with Crippen molar-refractivity contribution in [3.05, 3.63) is 204 Å². The molecule has 29 nitrogen and oxygen atoms in total. The Balaban J connectivity index is 0.000000343. The third-order valence-electron chi connectivity index (χ3n) is 14.7. The second kappa shape index (κ2) is 46.9. The fraction of sp³-hybridized carbons (Fsp3) is 0.257. The summed E-state index contributed by atoms with van der Waals surface area (Å²) in [6.07, 6.45) is 15.2. The van der Waals surface area contributed by atoms with Crippen LogP contribution >= 0.6 is 126 Å². The molecule has 17 rings (SSSR count). The first-order valence-corrected chi connectivity index (χ1v) is 37.6. The molecular weight excluding hydrogens is 1690 g/mol. The molecule has 0 saturated carbocycles. The van der Waals surface area contributed by atoms with Gasteiger partial charge in [0.25, 0.3) is 34.0 Å². The van der Waals surface area contributed by atoms with Crippen LogP contribution in [0.25, 0.3) is 61.3 Å². The molecule has 3 saturated heterocycles. The molecule has 3 fully saturated rings. The molecular formula is C70H71Cl5F2LiN17O12S6. The van der Waals surface area contributed by atoms with E-state index in [9.17, 15) is 58.1 Å². The van der Waals surface area contributed by atoms with Gasteiger partial charge in [0.1, 0.15) is 81.2 Å². The number of aromatic hydroxyl groups is 1. The van der Waals surface area contributed by atoms with Crippen LogP contribution < -0.4 is 39.6 Å². The van der Waals surface area contributed by atoms with E-state index in [1.54, 1.807) is 40.5 Å². The number of benzene rings is 2. The number of thiophene rings is 6. The fourth-order valence-electron chi connectivity index (χ4n) is 9.54. The van der Waals surface area contributed by atoms with Crippen molar-refractivity contribution in [3.8, 4) is 17.4 Å². The maximum Gasteiger partial charge on any atom is 1.00 e. The van der Waals surface area contributed by atoms with Gasteiger partial charge in [0.2, 0.25) is 5.88 Å². The summed E-state index contributed by atoms with van der Waals surface area (Å²) < 4.78 is 32.0. The van der Waals surface area contributed by atoms with E-state index in [1.165, 1.54) is 121 Å². The molecule has 14 aromatic rings. The van der Waals surface area contributed by atoms with E-state index in [4.69, 9.17) is 67.8 Å². The topological polar surface area (TPSA) is 400 Å². The number of amides is 2. The number of aromatic amines is 1. The van der Waals surface area contributed by atoms with Gasteiger partial charge < -0.3 is 39.8 Å². The van der Waals surface area contributed by atoms with Gasteiger partial charge in [-0.3, -0.25) is 39.4 Å². The van der Waals surface area contributed by atoms with E-state index in [0.717, 1.165) is 113 Å². The van der Waals surface area contributed by atoms with Crippen LogP contribution in [0.1, 0.15) is 122 Å². The van der Waals surface area contributed by atoms with Gasteiger partial charge in [-0.25, -0.2) is 63.6 Å². The summed E-state index contributed by atoms with van der Waals surface area (Å²) in [7, 11) is 0. The van der Waals surface area contributed by atoms with E-state index >= 15 is 0 Å². The maximum absolute atomic E-state index is 14.1. The molecule has 12 aromatic heterocycles. The molecule has 43 heteroatoms. The molecule has 15 heterocycles. The van der Waals surface area contributed by atoms with E-state index in [0.29, 0.717) is 72.2 Å². The molecule has 0 atom stereocenters. The van der Waals surface area contributed by atoms with Gasteiger partial charge in [0, 0.05) is 59.9 Å². The van der Waals surface area contributed by atoms with Crippen molar-refractivity contribution in [1.82, 2.24) is 74.9 Å². The number of aromatic nitrogens is 12. The zero-order valence-electron chi connectivity index (χ0n) is 54.8. The number of rotatable bonds is 8. The number of carboxylic acids is 1. The van der Waals surface area contributed by atoms with Crippen molar-refractivity contribution >= 4 is 222 Å². The number of likely N-dealkylation sites (tertiary alicyclic amines) is 2. The Labute approximate surface area is 706 Å². The predicted molar refractivity (Wildman–Crippen MR) is 442 cm³/mol. The van der Waals surface area contributed by atoms with Crippen LogP contribution in [0.15, 0.2) is 126 Å². The van der Waals surface area contributed by atoms with Crippen molar-refractivity contribution in [1.29, 1.82) is 0 Å². The van der Waals surface area contributed by atoms with E-state index < -0.39 is 38.4 Å². The number of aromatic carboxylic acids is 1. The minimum absolute atomic E-state index is 0. The standard InChI is InChI=1S/C17H13FN4O4S.C11H10ClN3OS.C7H2Cl2N2OS.C7H3ClN2O2S.C6H3ClN2S.C6H4FNO3.C6H4N2OS.C4H9N.6CH4.Li/c18-12-7-10(22(24)25)3-4-13(12)26-15-11-8-14(27-16(11)20-9-19-15)17(23)21-5-1-2-6-21;12-9-7-5-8(17-10(7)14-6-13-9)11(16)15-3-1-2-4-15;8-5-3-1-4(6(9)12)13-7(3)11-2-10-5;8-5-3-1-4(7(11)12)13-6(3)10-2-9-5;7-5-4-1-2-10-6(4)9-3-8-5;7-5-3-4(8(10)11)1-2-6(5)9;9-5-4-1-2-10-6(4)8-3-7-5;1-2-4-5-3-1;;;;;;;/h3-4,7-9H,1-2,5-6H2;5-6H,1-4H2;1-2H;1-2H,(H,11,12);1-3H;1-3,9H;1-3H,(H,7,8,9);5H,1-4H2;6*1H4;/q;;;;;;;;;;;;;;+1/p-1. The normalized spacial score (nSPS) is 12.0. The van der Waals surface area contributed by atoms with Gasteiger partial charge in [-0.15, -0.1) is 68.0 Å². The molecule has 3 N–H and O–H groups in total. The first-order chi connectivity index (χ1) is 51.0. The van der Waals surface area contributed by atoms with Gasteiger partial charge in [-0.05, 0) is 123 Å². The number of nitrogens with zero attached hydrogens (tertiary/aromatic N) is 15. The quantitative estimate of drug-likeness (QED) is 0.0418. The first kappa shape index (κ1) is 98.0. The number of ether oxygens (including phenoxy) is 1. The molecule has 0 unspecified atom stereocenters. The smallest absolute Gasteiger partial charge is 0.544 e. The van der Waals surface area contributed by atoms with Gasteiger partial charge in [-0.1, -0.05) is 91.0 Å². The predicted octanol–water partition coefficient (Wildman–Crippen LogP) is 15.7. The number of hydrogen-bond donors (Lipinski definition) is 3. The summed E-state index contributed by atoms with van der Waals surface area (Å²) in [5, 5.41) is 52.0. The molecule has 2 amide bonds. The van der Waals surface area contributed by atoms with Crippen molar-refractivity contribution in [2.24, 2.45) is 0 Å². The minimum atomic E-state index is -1.22. The van der Waals surface area contributed by atoms with Gasteiger partial charge >= 0.3 is 18.9 Å². The summed E-state index contributed by atoms with van der Waals surface area (Å²) >= 11 is 36.4. The second-order valence-electron chi connectivity index (χ2n) is 21.5. The number of hydrogen-bond acceptors (Lipinski definition) is 30. The number of nitro benzene ring substituents is 2. The van der Waals surface area contributed by atoms with Crippen LogP contribution in [0, 0.1) is 31.9 Å². The number of nitrogens with one attached hydrogen (secondary N) is 2. The largest absolute Gasteiger partial charge is 1.00 e. The van der Waals surface area contributed by atoms with Crippen molar-refractivity contribution in [2.45, 2.75) is 83.1 Å². The van der Waals surface area contributed by atoms with Crippen LogP contribution in [0.5, 0.6) is 17.4 Å². The van der Waals surface area contributed by atoms with E-state index in [2.05, 4.69) is 65.1 Å². The van der Waals surface area contributed by atoms with Gasteiger partial charge in [-0.2, -0.15) is 0 Å². The Morgan fingerprint density at radius 3 is 1.29 bits per heavy atom. The summed E-state index contributed by atoms with van der Waals surface area (Å²) in [5.74, 6) is -3.76. The third kappa shape index (κ3) is 26.2. The van der Waals surface area contributed by atoms with E-state index in [1.807, 2.05) is 21.7 Å². The average Bonchev–Trinajstić information content (AvgIpc) is 1.67. The Hall–Kier alpha value is -9.17. The second-order valence-corrected chi connectivity index (χ2v) is 29.2. The molecule has 3 aliphatic heterocycles.